The SMILES string of the molecule is C[C@@H](N)c1ccc(N)c([N+](=O)[O-])c1Cl. The lowest BCUT2D eigenvalue weighted by Crippen LogP contribution is -2.07. The molecule has 0 fully saturated rings. The van der Waals surface area contributed by atoms with E-state index in [4.69, 9.17) is 23.1 Å². The molecule has 0 saturated carbocycles. The van der Waals surface area contributed by atoms with E-state index in [2.05, 4.69) is 0 Å². The molecule has 6 heteroatoms. The molecule has 1 aromatic rings. The van der Waals surface area contributed by atoms with Crippen LogP contribution >= 0.6 is 11.6 Å². The maximum Gasteiger partial charge on any atom is 0.310 e. The lowest BCUT2D eigenvalue weighted by atomic mass is 10.1. The number of nitrogen functional groups attached to an aromatic ring is 1. The molecule has 0 radical (unpaired) electrons. The molecular formula is C8H10ClN3O2. The summed E-state index contributed by atoms with van der Waals surface area (Å²) in [4.78, 5) is 10.0. The number of benzene rings is 1. The molecular weight excluding hydrogens is 206 g/mol. The minimum Gasteiger partial charge on any atom is -0.393 e. The first kappa shape index (κ1) is 10.7. The van der Waals surface area contributed by atoms with E-state index >= 15 is 0 Å². The van der Waals surface area contributed by atoms with Crippen molar-refractivity contribution >= 4 is 23.0 Å². The van der Waals surface area contributed by atoms with Gasteiger partial charge in [-0.05, 0) is 18.6 Å². The van der Waals surface area contributed by atoms with Gasteiger partial charge in [-0.1, -0.05) is 17.7 Å². The molecule has 0 saturated heterocycles. The fourth-order valence-electron chi connectivity index (χ4n) is 1.13. The van der Waals surface area contributed by atoms with Crippen LogP contribution in [0.4, 0.5) is 11.4 Å². The molecule has 4 N–H and O–H groups in total. The summed E-state index contributed by atoms with van der Waals surface area (Å²) in [6, 6.07) is 2.67. The molecule has 1 aromatic carbocycles. The second kappa shape index (κ2) is 3.81. The van der Waals surface area contributed by atoms with E-state index in [1.54, 1.807) is 13.0 Å². The number of hydrogen-bond donors (Lipinski definition) is 2. The van der Waals surface area contributed by atoms with Crippen molar-refractivity contribution in [3.8, 4) is 0 Å². The van der Waals surface area contributed by atoms with Gasteiger partial charge in [-0.15, -0.1) is 0 Å². The Morgan fingerprint density at radius 2 is 2.14 bits per heavy atom. The zero-order valence-corrected chi connectivity index (χ0v) is 8.28. The molecule has 0 aromatic heterocycles. The summed E-state index contributed by atoms with van der Waals surface area (Å²) in [7, 11) is 0. The molecule has 0 spiro atoms. The van der Waals surface area contributed by atoms with Gasteiger partial charge in [-0.25, -0.2) is 0 Å². The minimum atomic E-state index is -0.608. The number of halogens is 1. The third-order valence-corrected chi connectivity index (χ3v) is 2.25. The Kier molecular flexibility index (Phi) is 2.93. The van der Waals surface area contributed by atoms with Crippen molar-refractivity contribution in [1.82, 2.24) is 0 Å². The Labute approximate surface area is 85.8 Å². The smallest absolute Gasteiger partial charge is 0.310 e. The number of nitro groups is 1. The van der Waals surface area contributed by atoms with Gasteiger partial charge in [0, 0.05) is 6.04 Å². The Morgan fingerprint density at radius 3 is 2.57 bits per heavy atom. The number of hydrogen-bond acceptors (Lipinski definition) is 4. The second-order valence-corrected chi connectivity index (χ2v) is 3.33. The molecule has 0 heterocycles. The second-order valence-electron chi connectivity index (χ2n) is 2.95. The zero-order chi connectivity index (χ0) is 10.9. The van der Waals surface area contributed by atoms with Crippen LogP contribution in [0.3, 0.4) is 0 Å². The fourth-order valence-corrected chi connectivity index (χ4v) is 1.55. The highest BCUT2D eigenvalue weighted by Crippen LogP contribution is 2.35. The standard InChI is InChI=1S/C8H10ClN3O2/c1-4(10)5-2-3-6(11)8(7(5)9)12(13)14/h2-4H,10-11H2,1H3/t4-/m1/s1. The molecule has 0 aliphatic rings. The molecule has 0 aliphatic heterocycles. The Bertz CT molecular complexity index is 379. The lowest BCUT2D eigenvalue weighted by Gasteiger charge is -2.09. The van der Waals surface area contributed by atoms with Crippen LogP contribution in [0.25, 0.3) is 0 Å². The van der Waals surface area contributed by atoms with Gasteiger partial charge in [0.25, 0.3) is 0 Å². The Balaban J connectivity index is 3.41. The summed E-state index contributed by atoms with van der Waals surface area (Å²) in [5.74, 6) is 0. The topological polar surface area (TPSA) is 95.2 Å². The Morgan fingerprint density at radius 1 is 1.57 bits per heavy atom. The first-order valence-electron chi connectivity index (χ1n) is 3.93. The van der Waals surface area contributed by atoms with Crippen molar-refractivity contribution in [3.05, 3.63) is 32.8 Å². The van der Waals surface area contributed by atoms with Crippen molar-refractivity contribution in [2.75, 3.05) is 5.73 Å². The maximum atomic E-state index is 10.6. The Hall–Kier alpha value is -1.33. The number of nitro benzene ring substituents is 1. The fraction of sp³-hybridized carbons (Fsp3) is 0.250. The molecule has 1 rings (SSSR count). The van der Waals surface area contributed by atoms with Crippen LogP contribution in [0.2, 0.25) is 5.02 Å². The van der Waals surface area contributed by atoms with E-state index in [0.717, 1.165) is 0 Å². The third kappa shape index (κ3) is 1.78. The van der Waals surface area contributed by atoms with Gasteiger partial charge in [-0.3, -0.25) is 10.1 Å². The first-order chi connectivity index (χ1) is 6.45. The minimum absolute atomic E-state index is 0.0185. The highest BCUT2D eigenvalue weighted by atomic mass is 35.5. The van der Waals surface area contributed by atoms with Gasteiger partial charge in [-0.2, -0.15) is 0 Å². The van der Waals surface area contributed by atoms with Crippen LogP contribution < -0.4 is 11.5 Å². The predicted molar refractivity (Wildman–Crippen MR) is 55.1 cm³/mol. The van der Waals surface area contributed by atoms with Gasteiger partial charge in [0.15, 0.2) is 0 Å². The van der Waals surface area contributed by atoms with Crippen molar-refractivity contribution < 1.29 is 4.92 Å². The van der Waals surface area contributed by atoms with E-state index in [0.29, 0.717) is 5.56 Å². The van der Waals surface area contributed by atoms with Gasteiger partial charge in [0.1, 0.15) is 10.7 Å². The average Bonchev–Trinajstić information content (AvgIpc) is 2.02. The summed E-state index contributed by atoms with van der Waals surface area (Å²) >= 11 is 5.80. The number of rotatable bonds is 2. The number of nitrogens with two attached hydrogens (primary N) is 2. The van der Waals surface area contributed by atoms with Gasteiger partial charge in [0.05, 0.1) is 4.92 Å². The van der Waals surface area contributed by atoms with Crippen LogP contribution in [0.15, 0.2) is 12.1 Å². The van der Waals surface area contributed by atoms with E-state index in [9.17, 15) is 10.1 Å². The zero-order valence-electron chi connectivity index (χ0n) is 7.53. The van der Waals surface area contributed by atoms with Gasteiger partial charge in [0.2, 0.25) is 0 Å². The highest BCUT2D eigenvalue weighted by molar-refractivity contribution is 6.34. The van der Waals surface area contributed by atoms with Crippen LogP contribution in [0.5, 0.6) is 0 Å². The van der Waals surface area contributed by atoms with Crippen LogP contribution in [-0.4, -0.2) is 4.92 Å². The molecule has 0 amide bonds. The largest absolute Gasteiger partial charge is 0.393 e. The van der Waals surface area contributed by atoms with Crippen molar-refractivity contribution in [3.63, 3.8) is 0 Å². The summed E-state index contributed by atoms with van der Waals surface area (Å²) in [5, 5.41) is 10.6. The average molecular weight is 216 g/mol. The monoisotopic (exact) mass is 215 g/mol. The summed E-state index contributed by atoms with van der Waals surface area (Å²) < 4.78 is 0. The van der Waals surface area contributed by atoms with Crippen LogP contribution in [-0.2, 0) is 0 Å². The van der Waals surface area contributed by atoms with E-state index < -0.39 is 4.92 Å². The lowest BCUT2D eigenvalue weighted by molar-refractivity contribution is -0.383. The maximum absolute atomic E-state index is 10.6. The predicted octanol–water partition coefficient (Wildman–Crippen LogP) is 1.85. The highest BCUT2D eigenvalue weighted by Gasteiger charge is 2.21. The number of anilines is 1. The molecule has 14 heavy (non-hydrogen) atoms. The quantitative estimate of drug-likeness (QED) is 0.447. The van der Waals surface area contributed by atoms with E-state index in [1.165, 1.54) is 6.07 Å². The van der Waals surface area contributed by atoms with E-state index in [1.807, 2.05) is 0 Å². The summed E-state index contributed by atoms with van der Waals surface area (Å²) in [6.45, 7) is 1.70. The van der Waals surface area contributed by atoms with E-state index in [-0.39, 0.29) is 22.4 Å². The third-order valence-electron chi connectivity index (χ3n) is 1.85. The molecule has 0 unspecified atom stereocenters. The molecule has 0 bridgehead atoms. The van der Waals surface area contributed by atoms with Gasteiger partial charge >= 0.3 is 5.69 Å². The van der Waals surface area contributed by atoms with Crippen molar-refractivity contribution in [2.45, 2.75) is 13.0 Å². The molecule has 5 nitrogen and oxygen atoms in total. The summed E-state index contributed by atoms with van der Waals surface area (Å²) in [6.07, 6.45) is 0. The first-order valence-corrected chi connectivity index (χ1v) is 4.30. The number of nitrogens with zero attached hydrogens (tertiary/aromatic N) is 1. The molecule has 1 atom stereocenters. The normalized spacial score (nSPS) is 12.5. The molecule has 0 aliphatic carbocycles. The molecule has 76 valence electrons. The van der Waals surface area contributed by atoms with Crippen molar-refractivity contribution in [2.24, 2.45) is 5.73 Å². The summed E-state index contributed by atoms with van der Waals surface area (Å²) in [5.41, 5.74) is 11.3. The van der Waals surface area contributed by atoms with Crippen LogP contribution in [0, 0.1) is 10.1 Å². The van der Waals surface area contributed by atoms with Crippen LogP contribution in [0.1, 0.15) is 18.5 Å². The van der Waals surface area contributed by atoms with Gasteiger partial charge < -0.3 is 11.5 Å². The van der Waals surface area contributed by atoms with Crippen molar-refractivity contribution in [1.29, 1.82) is 0 Å².